The van der Waals surface area contributed by atoms with Gasteiger partial charge in [-0.2, -0.15) is 0 Å². The molecule has 0 aromatic heterocycles. The Labute approximate surface area is 93.8 Å². The Morgan fingerprint density at radius 3 is 1.88 bits per heavy atom. The van der Waals surface area contributed by atoms with Crippen LogP contribution in [0.15, 0.2) is 36.4 Å². The van der Waals surface area contributed by atoms with Crippen LogP contribution in [0.25, 0.3) is 5.57 Å². The fourth-order valence-corrected chi connectivity index (χ4v) is 0.970. The van der Waals surface area contributed by atoms with Gasteiger partial charge in [0.15, 0.2) is 0 Å². The van der Waals surface area contributed by atoms with Gasteiger partial charge < -0.3 is 10.2 Å². The van der Waals surface area contributed by atoms with Gasteiger partial charge in [-0.3, -0.25) is 4.79 Å². The Bertz CT molecular complexity index is 375. The molecule has 0 saturated heterocycles. The van der Waals surface area contributed by atoms with E-state index in [9.17, 15) is 4.79 Å². The molecule has 0 aliphatic rings. The summed E-state index contributed by atoms with van der Waals surface area (Å²) in [5, 5.41) is 15.9. The summed E-state index contributed by atoms with van der Waals surface area (Å²) in [6.45, 7) is 2.86. The highest BCUT2D eigenvalue weighted by Crippen LogP contribution is 2.11. The number of aliphatic carboxylic acids is 2. The molecule has 4 nitrogen and oxygen atoms in total. The fourth-order valence-electron chi connectivity index (χ4n) is 0.970. The maximum Gasteiger partial charge on any atom is 0.328 e. The molecule has 1 rings (SSSR count). The lowest BCUT2D eigenvalue weighted by atomic mass is 10.1. The van der Waals surface area contributed by atoms with Crippen molar-refractivity contribution in [2.75, 3.05) is 0 Å². The van der Waals surface area contributed by atoms with Gasteiger partial charge in [0.1, 0.15) is 0 Å². The first-order chi connectivity index (χ1) is 7.43. The number of rotatable bonds is 2. The molecule has 0 spiro atoms. The summed E-state index contributed by atoms with van der Waals surface area (Å²) < 4.78 is 0. The van der Waals surface area contributed by atoms with Gasteiger partial charge in [-0.25, -0.2) is 4.79 Å². The Hall–Kier alpha value is -2.10. The molecule has 0 aliphatic carbocycles. The molecule has 0 atom stereocenters. The summed E-state index contributed by atoms with van der Waals surface area (Å²) >= 11 is 0. The van der Waals surface area contributed by atoms with Gasteiger partial charge in [-0.1, -0.05) is 30.3 Å². The van der Waals surface area contributed by atoms with E-state index in [2.05, 4.69) is 0 Å². The summed E-state index contributed by atoms with van der Waals surface area (Å²) in [5.41, 5.74) is 1.71. The predicted molar refractivity (Wildman–Crippen MR) is 61.0 cm³/mol. The third-order valence-electron chi connectivity index (χ3n) is 1.57. The molecule has 0 radical (unpaired) electrons. The van der Waals surface area contributed by atoms with Crippen LogP contribution in [0.1, 0.15) is 19.4 Å². The van der Waals surface area contributed by atoms with E-state index < -0.39 is 11.9 Å². The predicted octanol–water partition coefficient (Wildman–Crippen LogP) is 2.27. The van der Waals surface area contributed by atoms with Gasteiger partial charge in [0.05, 0.1) is 0 Å². The molecular weight excluding hydrogens is 208 g/mol. The van der Waals surface area contributed by atoms with Crippen molar-refractivity contribution >= 4 is 17.5 Å². The van der Waals surface area contributed by atoms with Gasteiger partial charge in [-0.05, 0) is 18.1 Å². The zero-order chi connectivity index (χ0) is 12.6. The van der Waals surface area contributed by atoms with Crippen LogP contribution >= 0.6 is 0 Å². The van der Waals surface area contributed by atoms with Crippen molar-refractivity contribution in [3.63, 3.8) is 0 Å². The number of carbonyl (C=O) groups is 2. The van der Waals surface area contributed by atoms with Crippen LogP contribution in [0.3, 0.4) is 0 Å². The van der Waals surface area contributed by atoms with Crippen molar-refractivity contribution < 1.29 is 19.8 Å². The largest absolute Gasteiger partial charge is 0.481 e. The minimum atomic E-state index is -0.906. The Morgan fingerprint density at radius 1 is 1.06 bits per heavy atom. The van der Waals surface area contributed by atoms with E-state index in [4.69, 9.17) is 15.0 Å². The van der Waals surface area contributed by atoms with Crippen LogP contribution in [0.4, 0.5) is 0 Å². The van der Waals surface area contributed by atoms with Crippen LogP contribution in [-0.4, -0.2) is 22.2 Å². The molecule has 0 fully saturated rings. The second-order valence-corrected chi connectivity index (χ2v) is 3.05. The number of hydrogen-bond acceptors (Lipinski definition) is 2. The molecule has 1 aromatic carbocycles. The van der Waals surface area contributed by atoms with E-state index in [1.165, 1.54) is 6.08 Å². The zero-order valence-electron chi connectivity index (χ0n) is 9.18. The first-order valence-corrected chi connectivity index (χ1v) is 4.59. The number of carboxylic acids is 2. The molecule has 86 valence electrons. The summed E-state index contributed by atoms with van der Waals surface area (Å²) in [7, 11) is 0. The Balaban J connectivity index is 0.000000487. The van der Waals surface area contributed by atoms with E-state index in [0.717, 1.165) is 18.1 Å². The highest BCUT2D eigenvalue weighted by Gasteiger charge is 1.95. The lowest BCUT2D eigenvalue weighted by Crippen LogP contribution is -1.89. The van der Waals surface area contributed by atoms with Crippen LogP contribution in [0.2, 0.25) is 0 Å². The molecule has 2 N–H and O–H groups in total. The monoisotopic (exact) mass is 222 g/mol. The van der Waals surface area contributed by atoms with Crippen molar-refractivity contribution in [1.29, 1.82) is 0 Å². The molecule has 0 bridgehead atoms. The lowest BCUT2D eigenvalue weighted by Gasteiger charge is -1.97. The van der Waals surface area contributed by atoms with Crippen LogP contribution in [0, 0.1) is 0 Å². The average molecular weight is 222 g/mol. The molecule has 0 saturated carbocycles. The third-order valence-corrected chi connectivity index (χ3v) is 1.57. The van der Waals surface area contributed by atoms with E-state index in [-0.39, 0.29) is 0 Å². The van der Waals surface area contributed by atoms with E-state index in [1.807, 2.05) is 30.3 Å². The Kier molecular flexibility index (Phi) is 6.28. The minimum Gasteiger partial charge on any atom is -0.481 e. The number of hydrogen-bond donors (Lipinski definition) is 2. The van der Waals surface area contributed by atoms with Crippen LogP contribution in [0.5, 0.6) is 0 Å². The van der Waals surface area contributed by atoms with Crippen molar-refractivity contribution in [3.8, 4) is 0 Å². The molecule has 0 unspecified atom stereocenters. The quantitative estimate of drug-likeness (QED) is 0.752. The van der Waals surface area contributed by atoms with Crippen LogP contribution in [-0.2, 0) is 9.59 Å². The smallest absolute Gasteiger partial charge is 0.328 e. The maximum absolute atomic E-state index is 10.3. The van der Waals surface area contributed by atoms with Gasteiger partial charge in [0, 0.05) is 13.0 Å². The first kappa shape index (κ1) is 13.9. The normalized spacial score (nSPS) is 10.0. The molecule has 0 heterocycles. The van der Waals surface area contributed by atoms with E-state index in [0.29, 0.717) is 0 Å². The van der Waals surface area contributed by atoms with Crippen molar-refractivity contribution in [2.45, 2.75) is 13.8 Å². The molecule has 16 heavy (non-hydrogen) atoms. The third kappa shape index (κ3) is 7.32. The summed E-state index contributed by atoms with van der Waals surface area (Å²) in [4.78, 5) is 19.3. The zero-order valence-corrected chi connectivity index (χ0v) is 9.18. The second kappa shape index (κ2) is 7.23. The fraction of sp³-hybridized carbons (Fsp3) is 0.167. The van der Waals surface area contributed by atoms with Gasteiger partial charge in [0.25, 0.3) is 5.97 Å². The van der Waals surface area contributed by atoms with Crippen molar-refractivity contribution in [1.82, 2.24) is 0 Å². The topological polar surface area (TPSA) is 74.6 Å². The minimum absolute atomic E-state index is 0.767. The van der Waals surface area contributed by atoms with Crippen LogP contribution < -0.4 is 0 Å². The van der Waals surface area contributed by atoms with Gasteiger partial charge >= 0.3 is 5.97 Å². The standard InChI is InChI=1S/C10H10O2.C2H4O2/c1-8(7-10(11)12)9-5-3-2-4-6-9;1-2(3)4/h2-7H,1H3,(H,11,12);1H3,(H,3,4). The molecule has 0 amide bonds. The number of carboxylic acid groups (broad SMARTS) is 2. The van der Waals surface area contributed by atoms with Gasteiger partial charge in [0.2, 0.25) is 0 Å². The van der Waals surface area contributed by atoms with Crippen molar-refractivity contribution in [3.05, 3.63) is 42.0 Å². The summed E-state index contributed by atoms with van der Waals surface area (Å²) in [5.74, 6) is -1.74. The average Bonchev–Trinajstić information content (AvgIpc) is 2.17. The molecule has 1 aromatic rings. The summed E-state index contributed by atoms with van der Waals surface area (Å²) in [6.07, 6.45) is 1.20. The summed E-state index contributed by atoms with van der Waals surface area (Å²) in [6, 6.07) is 9.43. The Morgan fingerprint density at radius 2 is 1.50 bits per heavy atom. The first-order valence-electron chi connectivity index (χ1n) is 4.59. The maximum atomic E-state index is 10.3. The number of allylic oxidation sites excluding steroid dienone is 1. The number of benzene rings is 1. The van der Waals surface area contributed by atoms with Crippen molar-refractivity contribution in [2.24, 2.45) is 0 Å². The SMILES string of the molecule is CC(=CC(=O)O)c1ccccc1.CC(=O)O. The molecular formula is C12H14O4. The second-order valence-electron chi connectivity index (χ2n) is 3.05. The lowest BCUT2D eigenvalue weighted by molar-refractivity contribution is -0.134. The highest BCUT2D eigenvalue weighted by atomic mass is 16.4. The van der Waals surface area contributed by atoms with E-state index in [1.54, 1.807) is 6.92 Å². The molecule has 4 heteroatoms. The molecule has 0 aliphatic heterocycles. The van der Waals surface area contributed by atoms with E-state index >= 15 is 0 Å². The van der Waals surface area contributed by atoms with Gasteiger partial charge in [-0.15, -0.1) is 0 Å². The highest BCUT2D eigenvalue weighted by molar-refractivity contribution is 5.89.